The van der Waals surface area contributed by atoms with E-state index in [1.54, 1.807) is 0 Å². The van der Waals surface area contributed by atoms with Gasteiger partial charge in [-0.2, -0.15) is 0 Å². The zero-order valence-corrected chi connectivity index (χ0v) is 15.0. The van der Waals surface area contributed by atoms with Crippen LogP contribution in [0.3, 0.4) is 0 Å². The van der Waals surface area contributed by atoms with E-state index in [0.717, 1.165) is 51.6 Å². The van der Waals surface area contributed by atoms with Crippen LogP contribution in [-0.2, 0) is 0 Å². The molecular weight excluding hydrogens is 319 g/mol. The minimum absolute atomic E-state index is 0. The highest BCUT2D eigenvalue weighted by Gasteiger charge is 2.33. The Labute approximate surface area is 146 Å². The van der Waals surface area contributed by atoms with Crippen LogP contribution in [-0.4, -0.2) is 50.1 Å². The predicted molar refractivity (Wildman–Crippen MR) is 100 cm³/mol. The number of likely N-dealkylation sites (N-methyl/N-ethyl adjacent to an activating group) is 1. The summed E-state index contributed by atoms with van der Waals surface area (Å²) >= 11 is 0. The molecule has 0 bridgehead atoms. The van der Waals surface area contributed by atoms with Gasteiger partial charge in [0.25, 0.3) is 0 Å². The molecule has 3 rings (SSSR count). The van der Waals surface area contributed by atoms with E-state index < -0.39 is 0 Å². The second kappa shape index (κ2) is 8.61. The number of para-hydroxylation sites is 2. The molecular formula is C16H26Cl2N4. The first kappa shape index (κ1) is 19.1. The second-order valence-corrected chi connectivity index (χ2v) is 5.35. The SMILES string of the molecule is CCN(CC)CCN1C2=NCCCN2c2ccccc21.Cl.Cl. The van der Waals surface area contributed by atoms with Crippen molar-refractivity contribution < 1.29 is 0 Å². The minimum Gasteiger partial charge on any atom is -0.310 e. The first-order valence-electron chi connectivity index (χ1n) is 7.76. The Morgan fingerprint density at radius 2 is 1.77 bits per heavy atom. The fourth-order valence-corrected chi connectivity index (χ4v) is 3.08. The van der Waals surface area contributed by atoms with E-state index in [9.17, 15) is 0 Å². The van der Waals surface area contributed by atoms with Gasteiger partial charge in [-0.15, -0.1) is 24.8 Å². The van der Waals surface area contributed by atoms with Crippen molar-refractivity contribution in [3.63, 3.8) is 0 Å². The van der Waals surface area contributed by atoms with Crippen molar-refractivity contribution in [3.8, 4) is 0 Å². The van der Waals surface area contributed by atoms with Crippen LogP contribution < -0.4 is 9.80 Å². The Morgan fingerprint density at radius 3 is 2.45 bits per heavy atom. The van der Waals surface area contributed by atoms with Crippen LogP contribution in [0.15, 0.2) is 29.3 Å². The average Bonchev–Trinajstić information content (AvgIpc) is 2.83. The Balaban J connectivity index is 0.00000121. The van der Waals surface area contributed by atoms with Crippen molar-refractivity contribution in [1.82, 2.24) is 4.90 Å². The summed E-state index contributed by atoms with van der Waals surface area (Å²) in [6.07, 6.45) is 1.15. The maximum atomic E-state index is 4.77. The van der Waals surface area contributed by atoms with Crippen LogP contribution in [0.2, 0.25) is 0 Å². The number of benzene rings is 1. The van der Waals surface area contributed by atoms with Crippen LogP contribution in [0.5, 0.6) is 0 Å². The Morgan fingerprint density at radius 1 is 1.09 bits per heavy atom. The predicted octanol–water partition coefficient (Wildman–Crippen LogP) is 3.26. The van der Waals surface area contributed by atoms with E-state index in [-0.39, 0.29) is 24.8 Å². The molecule has 0 N–H and O–H groups in total. The lowest BCUT2D eigenvalue weighted by Gasteiger charge is -2.28. The number of fused-ring (bicyclic) bond motifs is 3. The maximum Gasteiger partial charge on any atom is 0.205 e. The molecule has 0 unspecified atom stereocenters. The highest BCUT2D eigenvalue weighted by Crippen LogP contribution is 2.37. The largest absolute Gasteiger partial charge is 0.310 e. The summed E-state index contributed by atoms with van der Waals surface area (Å²) < 4.78 is 0. The molecule has 0 aliphatic carbocycles. The highest BCUT2D eigenvalue weighted by molar-refractivity contribution is 6.16. The van der Waals surface area contributed by atoms with Gasteiger partial charge in [0.2, 0.25) is 5.96 Å². The van der Waals surface area contributed by atoms with Gasteiger partial charge < -0.3 is 14.7 Å². The van der Waals surface area contributed by atoms with Crippen LogP contribution in [0.1, 0.15) is 20.3 Å². The zero-order chi connectivity index (χ0) is 13.9. The summed E-state index contributed by atoms with van der Waals surface area (Å²) in [5.41, 5.74) is 2.64. The molecule has 124 valence electrons. The molecule has 6 heteroatoms. The zero-order valence-electron chi connectivity index (χ0n) is 13.4. The van der Waals surface area contributed by atoms with Gasteiger partial charge in [0.1, 0.15) is 0 Å². The van der Waals surface area contributed by atoms with E-state index in [2.05, 4.69) is 52.8 Å². The number of rotatable bonds is 5. The van der Waals surface area contributed by atoms with Crippen LogP contribution in [0.4, 0.5) is 11.4 Å². The number of hydrogen-bond donors (Lipinski definition) is 0. The van der Waals surface area contributed by atoms with Gasteiger partial charge in [0.15, 0.2) is 0 Å². The normalized spacial score (nSPS) is 15.7. The minimum atomic E-state index is 0. The van der Waals surface area contributed by atoms with Crippen LogP contribution in [0.25, 0.3) is 0 Å². The van der Waals surface area contributed by atoms with E-state index >= 15 is 0 Å². The molecule has 0 radical (unpaired) electrons. The van der Waals surface area contributed by atoms with Gasteiger partial charge in [-0.3, -0.25) is 4.99 Å². The van der Waals surface area contributed by atoms with Gasteiger partial charge in [-0.25, -0.2) is 0 Å². The fourth-order valence-electron chi connectivity index (χ4n) is 3.08. The Bertz CT molecular complexity index is 503. The molecule has 0 aromatic heterocycles. The lowest BCUT2D eigenvalue weighted by atomic mass is 10.2. The number of hydrogen-bond acceptors (Lipinski definition) is 4. The summed E-state index contributed by atoms with van der Waals surface area (Å²) in [4.78, 5) is 12.0. The molecule has 2 aliphatic heterocycles. The topological polar surface area (TPSA) is 22.1 Å². The van der Waals surface area contributed by atoms with E-state index in [0.29, 0.717) is 0 Å². The Hall–Kier alpha value is -0.970. The molecule has 0 saturated carbocycles. The lowest BCUT2D eigenvalue weighted by molar-refractivity contribution is 0.313. The monoisotopic (exact) mass is 344 g/mol. The summed E-state index contributed by atoms with van der Waals surface area (Å²) in [7, 11) is 0. The summed E-state index contributed by atoms with van der Waals surface area (Å²) in [5.74, 6) is 1.16. The average molecular weight is 345 g/mol. The quantitative estimate of drug-likeness (QED) is 0.818. The number of guanidine groups is 1. The molecule has 0 saturated heterocycles. The third kappa shape index (κ3) is 3.50. The number of nitrogens with zero attached hydrogens (tertiary/aromatic N) is 4. The third-order valence-electron chi connectivity index (χ3n) is 4.27. The van der Waals surface area contributed by atoms with Gasteiger partial charge in [0.05, 0.1) is 11.4 Å². The molecule has 0 amide bonds. The van der Waals surface area contributed by atoms with Crippen molar-refractivity contribution in [1.29, 1.82) is 0 Å². The second-order valence-electron chi connectivity index (χ2n) is 5.35. The van der Waals surface area contributed by atoms with E-state index in [1.807, 2.05) is 0 Å². The van der Waals surface area contributed by atoms with Crippen molar-refractivity contribution in [2.75, 3.05) is 49.1 Å². The van der Waals surface area contributed by atoms with Crippen LogP contribution >= 0.6 is 24.8 Å². The molecule has 2 heterocycles. The standard InChI is InChI=1S/C16H24N4.2ClH/c1-3-18(4-2)12-13-20-15-9-6-5-8-14(15)19-11-7-10-17-16(19)20;;/h5-6,8-9H,3-4,7,10-13H2,1-2H3;2*1H. The van der Waals surface area contributed by atoms with Crippen molar-refractivity contribution in [2.45, 2.75) is 20.3 Å². The van der Waals surface area contributed by atoms with Crippen LogP contribution in [0, 0.1) is 0 Å². The number of aliphatic imine (C=N–C) groups is 1. The summed E-state index contributed by atoms with van der Waals surface area (Å²) in [6, 6.07) is 8.69. The first-order chi connectivity index (χ1) is 9.85. The molecule has 0 fully saturated rings. The van der Waals surface area contributed by atoms with Crippen molar-refractivity contribution in [3.05, 3.63) is 24.3 Å². The summed E-state index contributed by atoms with van der Waals surface area (Å²) in [5, 5.41) is 0. The summed E-state index contributed by atoms with van der Waals surface area (Å²) in [6.45, 7) is 10.9. The molecule has 22 heavy (non-hydrogen) atoms. The molecule has 0 spiro atoms. The van der Waals surface area contributed by atoms with Gasteiger partial charge >= 0.3 is 0 Å². The molecule has 1 aromatic carbocycles. The molecule has 1 aromatic rings. The number of anilines is 2. The molecule has 2 aliphatic rings. The lowest BCUT2D eigenvalue weighted by Crippen LogP contribution is -2.44. The van der Waals surface area contributed by atoms with Crippen molar-refractivity contribution >= 4 is 42.1 Å². The van der Waals surface area contributed by atoms with Crippen molar-refractivity contribution in [2.24, 2.45) is 4.99 Å². The van der Waals surface area contributed by atoms with Gasteiger partial charge in [-0.1, -0.05) is 26.0 Å². The molecule has 0 atom stereocenters. The van der Waals surface area contributed by atoms with Gasteiger partial charge in [0, 0.05) is 26.2 Å². The van der Waals surface area contributed by atoms with Gasteiger partial charge in [-0.05, 0) is 31.6 Å². The van der Waals surface area contributed by atoms with E-state index in [1.165, 1.54) is 11.4 Å². The highest BCUT2D eigenvalue weighted by atomic mass is 35.5. The fraction of sp³-hybridized carbons (Fsp3) is 0.562. The Kier molecular flexibility index (Phi) is 7.46. The van der Waals surface area contributed by atoms with E-state index in [4.69, 9.17) is 4.99 Å². The first-order valence-corrected chi connectivity index (χ1v) is 7.76. The maximum absolute atomic E-state index is 4.77. The number of halogens is 2. The third-order valence-corrected chi connectivity index (χ3v) is 4.27. The smallest absolute Gasteiger partial charge is 0.205 e. The molecule has 4 nitrogen and oxygen atoms in total.